The van der Waals surface area contributed by atoms with Crippen molar-refractivity contribution >= 4 is 11.6 Å². The highest BCUT2D eigenvalue weighted by Crippen LogP contribution is 2.31. The maximum Gasteiger partial charge on any atom is 0.140 e. The van der Waals surface area contributed by atoms with Crippen LogP contribution in [0.1, 0.15) is 43.4 Å². The highest BCUT2D eigenvalue weighted by atomic mass is 16.1. The zero-order valence-corrected chi connectivity index (χ0v) is 9.69. The van der Waals surface area contributed by atoms with Crippen molar-refractivity contribution in [2.45, 2.75) is 38.5 Å². The summed E-state index contributed by atoms with van der Waals surface area (Å²) in [5.41, 5.74) is 2.08. The molecule has 0 aliphatic heterocycles. The molecule has 0 saturated heterocycles. The fraction of sp³-hybridized carbons (Fsp3) is 0.583. The Morgan fingerprint density at radius 1 is 1.38 bits per heavy atom. The normalized spacial score (nSPS) is 18.1. The molecule has 0 unspecified atom stereocenters. The monoisotopic (exact) mass is 220 g/mol. The summed E-state index contributed by atoms with van der Waals surface area (Å²) in [5.74, 6) is 0.178. The van der Waals surface area contributed by atoms with Gasteiger partial charge >= 0.3 is 0 Å². The van der Waals surface area contributed by atoms with Crippen molar-refractivity contribution in [3.63, 3.8) is 0 Å². The van der Waals surface area contributed by atoms with E-state index in [1.165, 1.54) is 0 Å². The second-order valence-electron chi connectivity index (χ2n) is 4.42. The number of hydrogen-bond acceptors (Lipinski definition) is 3. The summed E-state index contributed by atoms with van der Waals surface area (Å²) in [7, 11) is 1.87. The average molecular weight is 220 g/mol. The van der Waals surface area contributed by atoms with E-state index in [-0.39, 0.29) is 23.9 Å². The molecular weight excluding hydrogens is 204 g/mol. The average Bonchev–Trinajstić information content (AvgIpc) is 2.58. The summed E-state index contributed by atoms with van der Waals surface area (Å²) in [6.45, 7) is 2.04. The molecule has 1 saturated carbocycles. The predicted octanol–water partition coefficient (Wildman–Crippen LogP) is 1.39. The van der Waals surface area contributed by atoms with Gasteiger partial charge in [0.2, 0.25) is 0 Å². The molecule has 2 rings (SSSR count). The number of rotatable bonds is 2. The number of hydrogen-bond donors (Lipinski definition) is 0. The van der Waals surface area contributed by atoms with Crippen molar-refractivity contribution in [2.75, 3.05) is 0 Å². The van der Waals surface area contributed by atoms with Crippen LogP contribution in [0.15, 0.2) is 6.20 Å². The van der Waals surface area contributed by atoms with Crippen LogP contribution in [-0.2, 0) is 23.1 Å². The van der Waals surface area contributed by atoms with Crippen molar-refractivity contribution in [3.8, 4) is 0 Å². The van der Waals surface area contributed by atoms with E-state index >= 15 is 0 Å². The van der Waals surface area contributed by atoms with E-state index in [4.69, 9.17) is 0 Å². The molecule has 4 heteroatoms. The van der Waals surface area contributed by atoms with Crippen molar-refractivity contribution < 1.29 is 9.59 Å². The molecule has 16 heavy (non-hydrogen) atoms. The predicted molar refractivity (Wildman–Crippen MR) is 59.2 cm³/mol. The molecule has 0 bridgehead atoms. The van der Waals surface area contributed by atoms with Crippen LogP contribution in [0.4, 0.5) is 0 Å². The van der Waals surface area contributed by atoms with Gasteiger partial charge in [0.25, 0.3) is 0 Å². The topological polar surface area (TPSA) is 52.0 Å². The zero-order chi connectivity index (χ0) is 11.7. The van der Waals surface area contributed by atoms with E-state index in [9.17, 15) is 9.59 Å². The smallest absolute Gasteiger partial charge is 0.140 e. The van der Waals surface area contributed by atoms with E-state index in [0.717, 1.165) is 17.7 Å². The summed E-state index contributed by atoms with van der Waals surface area (Å²) < 4.78 is 1.76. The Balaban J connectivity index is 2.28. The first kappa shape index (κ1) is 11.0. The van der Waals surface area contributed by atoms with Crippen LogP contribution in [0.5, 0.6) is 0 Å². The third-order valence-electron chi connectivity index (χ3n) is 3.05. The third-order valence-corrected chi connectivity index (χ3v) is 3.05. The van der Waals surface area contributed by atoms with Gasteiger partial charge in [0, 0.05) is 32.0 Å². The first-order valence-corrected chi connectivity index (χ1v) is 5.66. The van der Waals surface area contributed by atoms with E-state index in [1.807, 2.05) is 20.2 Å². The van der Waals surface area contributed by atoms with Crippen molar-refractivity contribution in [1.29, 1.82) is 0 Å². The molecule has 1 heterocycles. The lowest BCUT2D eigenvalue weighted by atomic mass is 9.82. The van der Waals surface area contributed by atoms with Crippen molar-refractivity contribution in [1.82, 2.24) is 9.78 Å². The maximum absolute atomic E-state index is 11.4. The Hall–Kier alpha value is -1.45. The van der Waals surface area contributed by atoms with Crippen LogP contribution in [0, 0.1) is 0 Å². The van der Waals surface area contributed by atoms with Crippen LogP contribution in [0.3, 0.4) is 0 Å². The van der Waals surface area contributed by atoms with E-state index in [0.29, 0.717) is 12.8 Å². The first-order valence-electron chi connectivity index (χ1n) is 5.66. The minimum Gasteiger partial charge on any atom is -0.299 e. The van der Waals surface area contributed by atoms with E-state index in [1.54, 1.807) is 4.68 Å². The number of carbonyl (C=O) groups excluding carboxylic acids is 2. The number of aromatic nitrogens is 2. The summed E-state index contributed by atoms with van der Waals surface area (Å²) in [6, 6.07) is 0. The summed E-state index contributed by atoms with van der Waals surface area (Å²) >= 11 is 0. The quantitative estimate of drug-likeness (QED) is 0.708. The van der Waals surface area contributed by atoms with Gasteiger partial charge in [-0.25, -0.2) is 0 Å². The van der Waals surface area contributed by atoms with Gasteiger partial charge in [-0.1, -0.05) is 6.92 Å². The fourth-order valence-electron chi connectivity index (χ4n) is 2.37. The zero-order valence-electron chi connectivity index (χ0n) is 9.69. The van der Waals surface area contributed by atoms with E-state index < -0.39 is 0 Å². The molecule has 1 fully saturated rings. The Morgan fingerprint density at radius 3 is 2.56 bits per heavy atom. The highest BCUT2D eigenvalue weighted by Gasteiger charge is 2.28. The Bertz CT molecular complexity index is 418. The fourth-order valence-corrected chi connectivity index (χ4v) is 2.37. The molecule has 0 aromatic carbocycles. The first-order chi connectivity index (χ1) is 7.60. The largest absolute Gasteiger partial charge is 0.299 e. The number of aryl methyl sites for hydroxylation is 2. The number of carbonyl (C=O) groups is 2. The standard InChI is InChI=1S/C12H16N2O2/c1-3-12-11(7-14(2)13-12)8-4-9(15)6-10(16)5-8/h7-8H,3-6H2,1-2H3. The highest BCUT2D eigenvalue weighted by molar-refractivity contribution is 6.02. The van der Waals surface area contributed by atoms with Gasteiger partial charge < -0.3 is 0 Å². The molecule has 0 amide bonds. The van der Waals surface area contributed by atoms with Crippen LogP contribution >= 0.6 is 0 Å². The number of nitrogens with zero attached hydrogens (tertiary/aromatic N) is 2. The lowest BCUT2D eigenvalue weighted by Crippen LogP contribution is -2.21. The van der Waals surface area contributed by atoms with Gasteiger partial charge in [-0.05, 0) is 12.0 Å². The van der Waals surface area contributed by atoms with Crippen LogP contribution in [0.25, 0.3) is 0 Å². The van der Waals surface area contributed by atoms with E-state index in [2.05, 4.69) is 5.10 Å². The van der Waals surface area contributed by atoms with Crippen LogP contribution in [0.2, 0.25) is 0 Å². The van der Waals surface area contributed by atoms with Gasteiger partial charge in [-0.15, -0.1) is 0 Å². The second kappa shape index (κ2) is 4.20. The Morgan fingerprint density at radius 2 is 2.00 bits per heavy atom. The lowest BCUT2D eigenvalue weighted by molar-refractivity contribution is -0.130. The molecule has 0 N–H and O–H groups in total. The molecule has 1 aromatic heterocycles. The van der Waals surface area contributed by atoms with Crippen molar-refractivity contribution in [3.05, 3.63) is 17.5 Å². The Kier molecular flexibility index (Phi) is 2.90. The van der Waals surface area contributed by atoms with Gasteiger partial charge in [-0.2, -0.15) is 5.10 Å². The molecule has 4 nitrogen and oxygen atoms in total. The molecule has 0 atom stereocenters. The summed E-state index contributed by atoms with van der Waals surface area (Å²) in [5, 5.41) is 4.35. The summed E-state index contributed by atoms with van der Waals surface area (Å²) in [6.07, 6.45) is 3.89. The van der Waals surface area contributed by atoms with Gasteiger partial charge in [-0.3, -0.25) is 14.3 Å². The summed E-state index contributed by atoms with van der Waals surface area (Å²) in [4.78, 5) is 22.8. The molecule has 0 spiro atoms. The van der Waals surface area contributed by atoms with Crippen molar-refractivity contribution in [2.24, 2.45) is 7.05 Å². The number of ketones is 2. The Labute approximate surface area is 94.6 Å². The maximum atomic E-state index is 11.4. The minimum absolute atomic E-state index is 0.0531. The van der Waals surface area contributed by atoms with Gasteiger partial charge in [0.1, 0.15) is 11.6 Å². The molecule has 1 aliphatic rings. The lowest BCUT2D eigenvalue weighted by Gasteiger charge is -2.19. The molecule has 1 aliphatic carbocycles. The number of Topliss-reactive ketones (excluding diaryl/α,β-unsaturated/α-hetero) is 2. The van der Waals surface area contributed by atoms with Crippen LogP contribution in [-0.4, -0.2) is 21.3 Å². The molecular formula is C12H16N2O2. The SMILES string of the molecule is CCc1nn(C)cc1C1CC(=O)CC(=O)C1. The van der Waals surface area contributed by atoms with Crippen LogP contribution < -0.4 is 0 Å². The molecule has 86 valence electrons. The minimum atomic E-state index is 0.0531. The second-order valence-corrected chi connectivity index (χ2v) is 4.42. The molecule has 0 radical (unpaired) electrons. The molecule has 1 aromatic rings. The van der Waals surface area contributed by atoms with Gasteiger partial charge in [0.05, 0.1) is 12.1 Å². The van der Waals surface area contributed by atoms with Gasteiger partial charge in [0.15, 0.2) is 0 Å². The third kappa shape index (κ3) is 2.05.